The van der Waals surface area contributed by atoms with Crippen molar-refractivity contribution in [2.45, 2.75) is 18.9 Å². The number of hydrogen-bond donors (Lipinski definition) is 1. The van der Waals surface area contributed by atoms with Gasteiger partial charge in [0.05, 0.1) is 11.5 Å². The Morgan fingerprint density at radius 1 is 1.32 bits per heavy atom. The van der Waals surface area contributed by atoms with Crippen molar-refractivity contribution >= 4 is 15.7 Å². The minimum atomic E-state index is -3.06. The second-order valence-electron chi connectivity index (χ2n) is 4.72. The maximum Gasteiger partial charge on any atom is 0.346 e. The molecular weight excluding hydrogens is 272 g/mol. The zero-order chi connectivity index (χ0) is 14.2. The molecule has 0 aliphatic carbocycles. The van der Waals surface area contributed by atoms with Crippen molar-refractivity contribution in [2.75, 3.05) is 16.8 Å². The lowest BCUT2D eigenvalue weighted by molar-refractivity contribution is 0.556. The van der Waals surface area contributed by atoms with E-state index in [1.165, 1.54) is 14.1 Å². The fourth-order valence-electron chi connectivity index (χ4n) is 2.12. The van der Waals surface area contributed by atoms with Crippen molar-refractivity contribution in [3.8, 4) is 0 Å². The summed E-state index contributed by atoms with van der Waals surface area (Å²) >= 11 is 0. The summed E-state index contributed by atoms with van der Waals surface area (Å²) in [6.07, 6.45) is 1.22. The number of hydrogen-bond acceptors (Lipinski definition) is 6. The largest absolute Gasteiger partial charge is 0.360 e. The molecule has 1 N–H and O–H groups in total. The lowest BCUT2D eigenvalue weighted by Gasteiger charge is -2.23. The Bertz CT molecular complexity index is 703. The zero-order valence-electron chi connectivity index (χ0n) is 10.8. The maximum absolute atomic E-state index is 11.9. The van der Waals surface area contributed by atoms with Gasteiger partial charge in [0.1, 0.15) is 0 Å². The number of rotatable bonds is 2. The van der Waals surface area contributed by atoms with Crippen molar-refractivity contribution in [2.24, 2.45) is 14.1 Å². The van der Waals surface area contributed by atoms with E-state index >= 15 is 0 Å². The van der Waals surface area contributed by atoms with E-state index in [0.29, 0.717) is 12.8 Å². The van der Waals surface area contributed by atoms with Crippen LogP contribution in [0, 0.1) is 0 Å². The Labute approximate surface area is 110 Å². The minimum Gasteiger partial charge on any atom is -0.360 e. The van der Waals surface area contributed by atoms with Gasteiger partial charge in [0, 0.05) is 20.1 Å². The summed E-state index contributed by atoms with van der Waals surface area (Å²) in [5, 5.41) is 6.67. The molecule has 1 saturated heterocycles. The maximum atomic E-state index is 11.9. The SMILES string of the molecule is Cn1nc(NC2CCCS(=O)(=O)C2)c(=O)n(C)c1=O. The molecule has 8 nitrogen and oxygen atoms in total. The van der Waals surface area contributed by atoms with Crippen LogP contribution < -0.4 is 16.6 Å². The second kappa shape index (κ2) is 4.80. The molecule has 0 amide bonds. The third-order valence-corrected chi connectivity index (χ3v) is 4.95. The van der Waals surface area contributed by atoms with E-state index in [1.807, 2.05) is 0 Å². The van der Waals surface area contributed by atoms with Crippen LogP contribution >= 0.6 is 0 Å². The molecule has 0 radical (unpaired) electrons. The normalized spacial score (nSPS) is 22.1. The molecule has 0 saturated carbocycles. The highest BCUT2D eigenvalue weighted by atomic mass is 32.2. The summed E-state index contributed by atoms with van der Waals surface area (Å²) in [6, 6.07) is -0.337. The van der Waals surface area contributed by atoms with Gasteiger partial charge in [-0.1, -0.05) is 0 Å². The minimum absolute atomic E-state index is 0.00620. The van der Waals surface area contributed by atoms with Crippen LogP contribution in [0.5, 0.6) is 0 Å². The van der Waals surface area contributed by atoms with Crippen LogP contribution in [-0.2, 0) is 23.9 Å². The third kappa shape index (κ3) is 2.86. The first-order valence-corrected chi connectivity index (χ1v) is 7.73. The molecule has 1 aliphatic heterocycles. The summed E-state index contributed by atoms with van der Waals surface area (Å²) in [6.45, 7) is 0. The van der Waals surface area contributed by atoms with Crippen LogP contribution in [0.1, 0.15) is 12.8 Å². The molecular formula is C10H16N4O4S. The average molecular weight is 288 g/mol. The standard InChI is InChI=1S/C10H16N4O4S/c1-13-9(15)8(12-14(2)10(13)16)11-7-4-3-5-19(17,18)6-7/h7H,3-6H2,1-2H3,(H,11,12). The molecule has 1 atom stereocenters. The number of nitrogens with one attached hydrogen (secondary N) is 1. The Hall–Kier alpha value is -1.64. The van der Waals surface area contributed by atoms with E-state index in [1.54, 1.807) is 0 Å². The first kappa shape index (κ1) is 13.8. The molecule has 0 bridgehead atoms. The zero-order valence-corrected chi connectivity index (χ0v) is 11.6. The summed E-state index contributed by atoms with van der Waals surface area (Å²) < 4.78 is 25.0. The topological polar surface area (TPSA) is 103 Å². The number of aromatic nitrogens is 3. The molecule has 1 unspecified atom stereocenters. The van der Waals surface area contributed by atoms with E-state index in [-0.39, 0.29) is 23.4 Å². The second-order valence-corrected chi connectivity index (χ2v) is 6.95. The van der Waals surface area contributed by atoms with Crippen LogP contribution in [0.3, 0.4) is 0 Å². The van der Waals surface area contributed by atoms with Crippen molar-refractivity contribution in [3.63, 3.8) is 0 Å². The van der Waals surface area contributed by atoms with Gasteiger partial charge < -0.3 is 5.32 Å². The molecule has 2 heterocycles. The van der Waals surface area contributed by atoms with Gasteiger partial charge in [-0.15, -0.1) is 5.10 Å². The number of sulfone groups is 1. The highest BCUT2D eigenvalue weighted by Crippen LogP contribution is 2.14. The first-order chi connectivity index (χ1) is 8.80. The van der Waals surface area contributed by atoms with E-state index in [4.69, 9.17) is 0 Å². The summed E-state index contributed by atoms with van der Waals surface area (Å²) in [7, 11) is -0.270. The van der Waals surface area contributed by atoms with Gasteiger partial charge in [0.15, 0.2) is 9.84 Å². The van der Waals surface area contributed by atoms with E-state index < -0.39 is 21.1 Å². The Morgan fingerprint density at radius 2 is 2.00 bits per heavy atom. The lowest BCUT2D eigenvalue weighted by Crippen LogP contribution is -2.43. The third-order valence-electron chi connectivity index (χ3n) is 3.12. The van der Waals surface area contributed by atoms with Gasteiger partial charge >= 0.3 is 5.69 Å². The van der Waals surface area contributed by atoms with Gasteiger partial charge in [0.25, 0.3) is 5.56 Å². The van der Waals surface area contributed by atoms with E-state index in [2.05, 4.69) is 10.4 Å². The van der Waals surface area contributed by atoms with Gasteiger partial charge in [-0.3, -0.25) is 9.36 Å². The van der Waals surface area contributed by atoms with Gasteiger partial charge in [0.2, 0.25) is 5.82 Å². The number of aryl methyl sites for hydroxylation is 1. The fourth-order valence-corrected chi connectivity index (χ4v) is 3.76. The number of anilines is 1. The van der Waals surface area contributed by atoms with Crippen LogP contribution in [-0.4, -0.2) is 40.3 Å². The van der Waals surface area contributed by atoms with E-state index in [0.717, 1.165) is 9.25 Å². The average Bonchev–Trinajstić information content (AvgIpc) is 2.32. The Morgan fingerprint density at radius 3 is 2.63 bits per heavy atom. The van der Waals surface area contributed by atoms with Crippen LogP contribution in [0.25, 0.3) is 0 Å². The Balaban J connectivity index is 2.30. The molecule has 0 spiro atoms. The van der Waals surface area contributed by atoms with Crippen molar-refractivity contribution in [1.82, 2.24) is 14.3 Å². The van der Waals surface area contributed by atoms with Crippen molar-refractivity contribution < 1.29 is 8.42 Å². The lowest BCUT2D eigenvalue weighted by atomic mass is 10.2. The predicted molar refractivity (Wildman–Crippen MR) is 70.0 cm³/mol. The van der Waals surface area contributed by atoms with Crippen LogP contribution in [0.2, 0.25) is 0 Å². The summed E-state index contributed by atoms with van der Waals surface area (Å²) in [5.74, 6) is 0.177. The van der Waals surface area contributed by atoms with Crippen LogP contribution in [0.4, 0.5) is 5.82 Å². The summed E-state index contributed by atoms with van der Waals surface area (Å²) in [5.41, 5.74) is -1.07. The fraction of sp³-hybridized carbons (Fsp3) is 0.700. The first-order valence-electron chi connectivity index (χ1n) is 5.91. The van der Waals surface area contributed by atoms with Gasteiger partial charge in [-0.25, -0.2) is 17.9 Å². The molecule has 9 heteroatoms. The highest BCUT2D eigenvalue weighted by molar-refractivity contribution is 7.91. The molecule has 2 rings (SSSR count). The molecule has 1 fully saturated rings. The molecule has 1 aliphatic rings. The number of nitrogens with zero attached hydrogens (tertiary/aromatic N) is 3. The molecule has 0 aromatic carbocycles. The van der Waals surface area contributed by atoms with Gasteiger partial charge in [-0.05, 0) is 12.8 Å². The van der Waals surface area contributed by atoms with Gasteiger partial charge in [-0.2, -0.15) is 0 Å². The Kier molecular flexibility index (Phi) is 3.48. The van der Waals surface area contributed by atoms with Crippen LogP contribution in [0.15, 0.2) is 9.59 Å². The predicted octanol–water partition coefficient (Wildman–Crippen LogP) is -1.53. The molecule has 1 aromatic rings. The summed E-state index contributed by atoms with van der Waals surface area (Å²) in [4.78, 5) is 23.3. The van der Waals surface area contributed by atoms with E-state index in [9.17, 15) is 18.0 Å². The monoisotopic (exact) mass is 288 g/mol. The molecule has 19 heavy (non-hydrogen) atoms. The quantitative estimate of drug-likeness (QED) is 0.708. The molecule has 106 valence electrons. The van der Waals surface area contributed by atoms with Crippen molar-refractivity contribution in [1.29, 1.82) is 0 Å². The smallest absolute Gasteiger partial charge is 0.346 e. The highest BCUT2D eigenvalue weighted by Gasteiger charge is 2.25. The molecule has 1 aromatic heterocycles. The van der Waals surface area contributed by atoms with Crippen molar-refractivity contribution in [3.05, 3.63) is 20.8 Å².